The van der Waals surface area contributed by atoms with Gasteiger partial charge in [0.25, 0.3) is 0 Å². The van der Waals surface area contributed by atoms with Gasteiger partial charge >= 0.3 is 0 Å². The first-order valence-electron chi connectivity index (χ1n) is 7.66. The van der Waals surface area contributed by atoms with E-state index >= 15 is 0 Å². The molecule has 0 radical (unpaired) electrons. The molecule has 24 heavy (non-hydrogen) atoms. The molecule has 128 valence electrons. The second kappa shape index (κ2) is 9.57. The summed E-state index contributed by atoms with van der Waals surface area (Å²) < 4.78 is 5.75. The minimum absolute atomic E-state index is 0. The Morgan fingerprint density at radius 2 is 1.88 bits per heavy atom. The monoisotopic (exact) mass is 364 g/mol. The average molecular weight is 365 g/mol. The van der Waals surface area contributed by atoms with Gasteiger partial charge in [0.05, 0.1) is 6.04 Å². The molecular formula is C18H21ClN2O2S. The van der Waals surface area contributed by atoms with E-state index in [1.807, 2.05) is 54.6 Å². The largest absolute Gasteiger partial charge is 0.489 e. The number of thioether (sulfide) groups is 1. The first-order chi connectivity index (χ1) is 11.3. The van der Waals surface area contributed by atoms with E-state index in [4.69, 9.17) is 4.74 Å². The normalized spacial score (nSPS) is 16.2. The molecule has 1 aliphatic rings. The lowest BCUT2D eigenvalue weighted by molar-refractivity contribution is -0.122. The molecule has 0 aromatic heterocycles. The average Bonchev–Trinajstić information content (AvgIpc) is 3.14. The fraction of sp³-hybridized carbons (Fsp3) is 0.278. The van der Waals surface area contributed by atoms with Crippen molar-refractivity contribution in [2.45, 2.75) is 19.2 Å². The second-order valence-corrected chi connectivity index (χ2v) is 6.44. The lowest BCUT2D eigenvalue weighted by atomic mass is 10.2. The van der Waals surface area contributed by atoms with E-state index in [2.05, 4.69) is 10.6 Å². The van der Waals surface area contributed by atoms with Crippen molar-refractivity contribution in [1.82, 2.24) is 10.6 Å². The predicted molar refractivity (Wildman–Crippen MR) is 101 cm³/mol. The van der Waals surface area contributed by atoms with Crippen molar-refractivity contribution in [2.75, 3.05) is 11.6 Å². The van der Waals surface area contributed by atoms with Gasteiger partial charge in [0, 0.05) is 18.2 Å². The van der Waals surface area contributed by atoms with Gasteiger partial charge < -0.3 is 10.1 Å². The van der Waals surface area contributed by atoms with Gasteiger partial charge in [0.15, 0.2) is 0 Å². The van der Waals surface area contributed by atoms with Crippen LogP contribution in [-0.4, -0.2) is 23.6 Å². The van der Waals surface area contributed by atoms with Gasteiger partial charge in [0.2, 0.25) is 5.91 Å². The molecule has 1 saturated heterocycles. The molecule has 1 fully saturated rings. The summed E-state index contributed by atoms with van der Waals surface area (Å²) in [5, 5.41) is 6.13. The molecule has 6 heteroatoms. The Labute approximate surface area is 152 Å². The maximum atomic E-state index is 11.9. The predicted octanol–water partition coefficient (Wildman–Crippen LogP) is 2.97. The Kier molecular flexibility index (Phi) is 7.43. The topological polar surface area (TPSA) is 50.4 Å². The second-order valence-electron chi connectivity index (χ2n) is 5.41. The zero-order valence-electron chi connectivity index (χ0n) is 13.2. The Morgan fingerprint density at radius 1 is 1.12 bits per heavy atom. The van der Waals surface area contributed by atoms with Crippen LogP contribution in [0.5, 0.6) is 5.75 Å². The van der Waals surface area contributed by atoms with Gasteiger partial charge in [-0.1, -0.05) is 42.5 Å². The van der Waals surface area contributed by atoms with Gasteiger partial charge in [-0.05, 0) is 23.3 Å². The van der Waals surface area contributed by atoms with Crippen LogP contribution in [0, 0.1) is 0 Å². The first-order valence-corrected chi connectivity index (χ1v) is 8.81. The van der Waals surface area contributed by atoms with E-state index in [0.717, 1.165) is 28.5 Å². The fourth-order valence-electron chi connectivity index (χ4n) is 2.32. The summed E-state index contributed by atoms with van der Waals surface area (Å²) >= 11 is 1.75. The number of ether oxygens (including phenoxy) is 1. The van der Waals surface area contributed by atoms with Crippen LogP contribution in [0.4, 0.5) is 0 Å². The lowest BCUT2D eigenvalue weighted by Gasteiger charge is -2.11. The number of nitrogens with one attached hydrogen (secondary N) is 2. The summed E-state index contributed by atoms with van der Waals surface area (Å²) in [6.45, 7) is 1.10. The summed E-state index contributed by atoms with van der Waals surface area (Å²) in [6, 6.07) is 17.9. The van der Waals surface area contributed by atoms with E-state index in [9.17, 15) is 4.79 Å². The summed E-state index contributed by atoms with van der Waals surface area (Å²) in [5.74, 6) is 2.60. The molecular weight excluding hydrogens is 344 g/mol. The quantitative estimate of drug-likeness (QED) is 0.827. The summed E-state index contributed by atoms with van der Waals surface area (Å²) in [4.78, 5) is 11.9. The minimum atomic E-state index is -0.0616. The van der Waals surface area contributed by atoms with Crippen molar-refractivity contribution < 1.29 is 9.53 Å². The number of benzene rings is 2. The number of halogens is 1. The molecule has 1 unspecified atom stereocenters. The Balaban J connectivity index is 0.00000208. The Bertz CT molecular complexity index is 631. The van der Waals surface area contributed by atoms with Crippen LogP contribution in [0.15, 0.2) is 54.6 Å². The number of amides is 1. The highest BCUT2D eigenvalue weighted by Gasteiger charge is 2.21. The summed E-state index contributed by atoms with van der Waals surface area (Å²) in [6.07, 6.45) is 0. The van der Waals surface area contributed by atoms with Crippen LogP contribution >= 0.6 is 24.2 Å². The van der Waals surface area contributed by atoms with Crippen molar-refractivity contribution in [3.63, 3.8) is 0 Å². The maximum absolute atomic E-state index is 11.9. The zero-order chi connectivity index (χ0) is 15.9. The van der Waals surface area contributed by atoms with Crippen LogP contribution in [0.2, 0.25) is 0 Å². The summed E-state index contributed by atoms with van der Waals surface area (Å²) in [7, 11) is 0. The Hall–Kier alpha value is -1.69. The van der Waals surface area contributed by atoms with Crippen LogP contribution in [0.1, 0.15) is 11.1 Å². The van der Waals surface area contributed by atoms with Crippen LogP contribution in [0.25, 0.3) is 0 Å². The molecule has 0 saturated carbocycles. The molecule has 1 atom stereocenters. The number of rotatable bonds is 6. The third-order valence-corrected chi connectivity index (χ3v) is 4.61. The van der Waals surface area contributed by atoms with Crippen LogP contribution in [0.3, 0.4) is 0 Å². The number of hydrogen-bond donors (Lipinski definition) is 2. The van der Waals surface area contributed by atoms with Gasteiger partial charge in [-0.3, -0.25) is 10.1 Å². The van der Waals surface area contributed by atoms with Crippen molar-refractivity contribution >= 4 is 30.1 Å². The van der Waals surface area contributed by atoms with Crippen LogP contribution < -0.4 is 15.4 Å². The minimum Gasteiger partial charge on any atom is -0.489 e. The van der Waals surface area contributed by atoms with E-state index in [1.165, 1.54) is 0 Å². The Morgan fingerprint density at radius 3 is 2.54 bits per heavy atom. The highest BCUT2D eigenvalue weighted by molar-refractivity contribution is 7.99. The van der Waals surface area contributed by atoms with E-state index in [1.54, 1.807) is 11.8 Å². The van der Waals surface area contributed by atoms with E-state index in [-0.39, 0.29) is 24.4 Å². The molecule has 1 amide bonds. The highest BCUT2D eigenvalue weighted by Crippen LogP contribution is 2.14. The summed E-state index contributed by atoms with van der Waals surface area (Å²) in [5.41, 5.74) is 2.21. The molecule has 1 heterocycles. The van der Waals surface area contributed by atoms with Crippen molar-refractivity contribution in [3.8, 4) is 5.75 Å². The molecule has 3 rings (SSSR count). The molecule has 2 aromatic rings. The molecule has 0 aliphatic carbocycles. The van der Waals surface area contributed by atoms with Gasteiger partial charge in [0.1, 0.15) is 12.4 Å². The van der Waals surface area contributed by atoms with Crippen molar-refractivity contribution in [2.24, 2.45) is 0 Å². The maximum Gasteiger partial charge on any atom is 0.238 e. The number of carbonyl (C=O) groups excluding carboxylic acids is 1. The first kappa shape index (κ1) is 18.6. The smallest absolute Gasteiger partial charge is 0.238 e. The van der Waals surface area contributed by atoms with Crippen LogP contribution in [-0.2, 0) is 17.9 Å². The highest BCUT2D eigenvalue weighted by atomic mass is 35.5. The number of hydrogen-bond acceptors (Lipinski definition) is 4. The van der Waals surface area contributed by atoms with Crippen molar-refractivity contribution in [3.05, 3.63) is 65.7 Å². The molecule has 0 spiro atoms. The molecule has 1 aliphatic heterocycles. The van der Waals surface area contributed by atoms with Gasteiger partial charge in [-0.2, -0.15) is 0 Å². The lowest BCUT2D eigenvalue weighted by Crippen LogP contribution is -2.41. The van der Waals surface area contributed by atoms with Crippen molar-refractivity contribution in [1.29, 1.82) is 0 Å². The molecule has 4 nitrogen and oxygen atoms in total. The third kappa shape index (κ3) is 5.44. The standard InChI is InChI=1S/C18H20N2O2S.ClH/c21-18(17-12-23-13-20-17)19-10-14-6-8-16(9-7-14)22-11-15-4-2-1-3-5-15;/h1-9,17,20H,10-13H2,(H,19,21);1H. The molecule has 2 aromatic carbocycles. The van der Waals surface area contributed by atoms with E-state index in [0.29, 0.717) is 13.2 Å². The third-order valence-electron chi connectivity index (χ3n) is 3.67. The van der Waals surface area contributed by atoms with E-state index < -0.39 is 0 Å². The zero-order valence-corrected chi connectivity index (χ0v) is 14.9. The van der Waals surface area contributed by atoms with Gasteiger partial charge in [-0.25, -0.2) is 0 Å². The molecule has 0 bridgehead atoms. The molecule has 2 N–H and O–H groups in total. The van der Waals surface area contributed by atoms with Gasteiger partial charge in [-0.15, -0.1) is 24.2 Å². The fourth-order valence-corrected chi connectivity index (χ4v) is 3.26. The number of carbonyl (C=O) groups is 1. The SMILES string of the molecule is Cl.O=C(NCc1ccc(OCc2ccccc2)cc1)C1CSCN1.